The van der Waals surface area contributed by atoms with E-state index in [0.717, 1.165) is 23.0 Å². The molecule has 1 aromatic carbocycles. The molecule has 1 aromatic rings. The van der Waals surface area contributed by atoms with Gasteiger partial charge in [0.15, 0.2) is 0 Å². The average molecular weight is 266 g/mol. The standard InChI is InChI=1S/C16H24ClN/c1-12-8-9-14(10-16(12)17)11-18-13(2)15-6-4-3-5-7-15/h8-10,13,15,18H,3-7,11H2,1-2H3. The van der Waals surface area contributed by atoms with Gasteiger partial charge in [-0.2, -0.15) is 0 Å². The van der Waals surface area contributed by atoms with Gasteiger partial charge in [-0.05, 0) is 49.8 Å². The number of rotatable bonds is 4. The Kier molecular flexibility index (Phi) is 5.08. The molecule has 0 aromatic heterocycles. The summed E-state index contributed by atoms with van der Waals surface area (Å²) in [6.07, 6.45) is 7.03. The Hall–Kier alpha value is -0.530. The van der Waals surface area contributed by atoms with Crippen LogP contribution < -0.4 is 5.32 Å². The molecule has 2 heteroatoms. The molecule has 1 aliphatic carbocycles. The van der Waals surface area contributed by atoms with Crippen molar-refractivity contribution in [1.29, 1.82) is 0 Å². The first-order valence-electron chi connectivity index (χ1n) is 7.15. The molecule has 0 heterocycles. The first-order valence-corrected chi connectivity index (χ1v) is 7.53. The van der Waals surface area contributed by atoms with Gasteiger partial charge in [-0.1, -0.05) is 43.0 Å². The van der Waals surface area contributed by atoms with Crippen molar-refractivity contribution in [3.8, 4) is 0 Å². The van der Waals surface area contributed by atoms with Crippen LogP contribution in [0.1, 0.15) is 50.2 Å². The van der Waals surface area contributed by atoms with E-state index in [1.54, 1.807) is 0 Å². The zero-order valence-electron chi connectivity index (χ0n) is 11.5. The number of hydrogen-bond donors (Lipinski definition) is 1. The lowest BCUT2D eigenvalue weighted by Gasteiger charge is -2.28. The monoisotopic (exact) mass is 265 g/mol. The first-order chi connectivity index (χ1) is 8.66. The third-order valence-corrected chi connectivity index (χ3v) is 4.63. The fraction of sp³-hybridized carbons (Fsp3) is 0.625. The minimum Gasteiger partial charge on any atom is -0.310 e. The molecule has 0 saturated heterocycles. The summed E-state index contributed by atoms with van der Waals surface area (Å²) in [5.41, 5.74) is 2.44. The molecule has 2 rings (SSSR count). The Balaban J connectivity index is 1.84. The maximum Gasteiger partial charge on any atom is 0.0438 e. The lowest BCUT2D eigenvalue weighted by molar-refractivity contribution is 0.280. The minimum absolute atomic E-state index is 0.616. The van der Waals surface area contributed by atoms with E-state index in [1.807, 2.05) is 6.92 Å². The van der Waals surface area contributed by atoms with E-state index in [9.17, 15) is 0 Å². The fourth-order valence-corrected chi connectivity index (χ4v) is 3.03. The minimum atomic E-state index is 0.616. The molecule has 1 nitrogen and oxygen atoms in total. The molecule has 100 valence electrons. The Morgan fingerprint density at radius 1 is 1.28 bits per heavy atom. The van der Waals surface area contributed by atoms with Crippen molar-refractivity contribution in [1.82, 2.24) is 5.32 Å². The molecule has 0 radical (unpaired) electrons. The molecule has 0 aliphatic heterocycles. The highest BCUT2D eigenvalue weighted by Crippen LogP contribution is 2.26. The van der Waals surface area contributed by atoms with E-state index in [-0.39, 0.29) is 0 Å². The van der Waals surface area contributed by atoms with Crippen LogP contribution in [0, 0.1) is 12.8 Å². The summed E-state index contributed by atoms with van der Waals surface area (Å²) >= 11 is 6.15. The summed E-state index contributed by atoms with van der Waals surface area (Å²) in [7, 11) is 0. The van der Waals surface area contributed by atoms with Crippen LogP contribution in [0.4, 0.5) is 0 Å². The average Bonchev–Trinajstić information content (AvgIpc) is 2.41. The number of nitrogens with one attached hydrogen (secondary N) is 1. The second-order valence-electron chi connectivity index (χ2n) is 5.65. The van der Waals surface area contributed by atoms with E-state index in [4.69, 9.17) is 11.6 Å². The molecule has 18 heavy (non-hydrogen) atoms. The smallest absolute Gasteiger partial charge is 0.0438 e. The van der Waals surface area contributed by atoms with E-state index in [1.165, 1.54) is 37.7 Å². The van der Waals surface area contributed by atoms with Gasteiger partial charge in [-0.15, -0.1) is 0 Å². The van der Waals surface area contributed by atoms with Gasteiger partial charge < -0.3 is 5.32 Å². The third kappa shape index (κ3) is 3.73. The van der Waals surface area contributed by atoms with Gasteiger partial charge in [-0.3, -0.25) is 0 Å². The van der Waals surface area contributed by atoms with Crippen LogP contribution in [-0.4, -0.2) is 6.04 Å². The van der Waals surface area contributed by atoms with Gasteiger partial charge in [0.2, 0.25) is 0 Å². The summed E-state index contributed by atoms with van der Waals surface area (Å²) in [4.78, 5) is 0. The molecular formula is C16H24ClN. The Morgan fingerprint density at radius 3 is 2.67 bits per heavy atom. The highest BCUT2D eigenvalue weighted by atomic mass is 35.5. The highest BCUT2D eigenvalue weighted by Gasteiger charge is 2.19. The number of aryl methyl sites for hydroxylation is 1. The summed E-state index contributed by atoms with van der Waals surface area (Å²) < 4.78 is 0. The van der Waals surface area contributed by atoms with E-state index in [2.05, 4.69) is 30.4 Å². The molecule has 0 amide bonds. The maximum absolute atomic E-state index is 6.15. The lowest BCUT2D eigenvalue weighted by Crippen LogP contribution is -2.34. The highest BCUT2D eigenvalue weighted by molar-refractivity contribution is 6.31. The SMILES string of the molecule is Cc1ccc(CNC(C)C2CCCCC2)cc1Cl. The molecule has 0 bridgehead atoms. The zero-order valence-corrected chi connectivity index (χ0v) is 12.3. The molecule has 1 fully saturated rings. The van der Waals surface area contributed by atoms with Gasteiger partial charge in [0, 0.05) is 17.6 Å². The van der Waals surface area contributed by atoms with Crippen molar-refractivity contribution in [3.05, 3.63) is 34.3 Å². The van der Waals surface area contributed by atoms with Gasteiger partial charge in [0.25, 0.3) is 0 Å². The van der Waals surface area contributed by atoms with Crippen molar-refractivity contribution in [2.45, 2.75) is 58.5 Å². The van der Waals surface area contributed by atoms with Gasteiger partial charge >= 0.3 is 0 Å². The third-order valence-electron chi connectivity index (χ3n) is 4.22. The maximum atomic E-state index is 6.15. The summed E-state index contributed by atoms with van der Waals surface area (Å²) in [6.45, 7) is 5.30. The predicted molar refractivity (Wildman–Crippen MR) is 79.1 cm³/mol. The van der Waals surface area contributed by atoms with Crippen LogP contribution >= 0.6 is 11.6 Å². The molecule has 1 unspecified atom stereocenters. The number of halogens is 1. The zero-order chi connectivity index (χ0) is 13.0. The van der Waals surface area contributed by atoms with Crippen molar-refractivity contribution in [2.24, 2.45) is 5.92 Å². The summed E-state index contributed by atoms with van der Waals surface area (Å²) in [6, 6.07) is 6.97. The molecule has 1 N–H and O–H groups in total. The first kappa shape index (κ1) is 13.9. The molecule has 1 atom stereocenters. The number of hydrogen-bond acceptors (Lipinski definition) is 1. The van der Waals surface area contributed by atoms with E-state index in [0.29, 0.717) is 6.04 Å². The second kappa shape index (κ2) is 6.58. The van der Waals surface area contributed by atoms with Gasteiger partial charge in [0.05, 0.1) is 0 Å². The summed E-state index contributed by atoms with van der Waals surface area (Å²) in [5.74, 6) is 0.861. The predicted octanol–water partition coefficient (Wildman–Crippen LogP) is 4.71. The molecule has 1 aliphatic rings. The van der Waals surface area contributed by atoms with Crippen molar-refractivity contribution < 1.29 is 0 Å². The van der Waals surface area contributed by atoms with Crippen LogP contribution in [0.25, 0.3) is 0 Å². The lowest BCUT2D eigenvalue weighted by atomic mass is 9.84. The number of benzene rings is 1. The van der Waals surface area contributed by atoms with Gasteiger partial charge in [0.1, 0.15) is 0 Å². The Morgan fingerprint density at radius 2 is 2.00 bits per heavy atom. The molecular weight excluding hydrogens is 242 g/mol. The van der Waals surface area contributed by atoms with Crippen LogP contribution in [-0.2, 0) is 6.54 Å². The van der Waals surface area contributed by atoms with Crippen molar-refractivity contribution in [2.75, 3.05) is 0 Å². The van der Waals surface area contributed by atoms with Crippen LogP contribution in [0.15, 0.2) is 18.2 Å². The largest absolute Gasteiger partial charge is 0.310 e. The Bertz CT molecular complexity index is 383. The Labute approximate surface area is 116 Å². The quantitative estimate of drug-likeness (QED) is 0.832. The fourth-order valence-electron chi connectivity index (χ4n) is 2.83. The van der Waals surface area contributed by atoms with Crippen molar-refractivity contribution >= 4 is 11.6 Å². The summed E-state index contributed by atoms with van der Waals surface area (Å²) in [5, 5.41) is 4.53. The van der Waals surface area contributed by atoms with Crippen LogP contribution in [0.2, 0.25) is 5.02 Å². The van der Waals surface area contributed by atoms with E-state index >= 15 is 0 Å². The molecule has 1 saturated carbocycles. The molecule has 0 spiro atoms. The second-order valence-corrected chi connectivity index (χ2v) is 6.06. The topological polar surface area (TPSA) is 12.0 Å². The van der Waals surface area contributed by atoms with Crippen molar-refractivity contribution in [3.63, 3.8) is 0 Å². The van der Waals surface area contributed by atoms with Crippen LogP contribution in [0.3, 0.4) is 0 Å². The van der Waals surface area contributed by atoms with E-state index < -0.39 is 0 Å². The van der Waals surface area contributed by atoms with Gasteiger partial charge in [-0.25, -0.2) is 0 Å². The normalized spacial score (nSPS) is 18.8. The van der Waals surface area contributed by atoms with Crippen LogP contribution in [0.5, 0.6) is 0 Å².